The highest BCUT2D eigenvalue weighted by Gasteiger charge is 2.33. The van der Waals surface area contributed by atoms with Crippen molar-refractivity contribution < 1.29 is 4.74 Å². The molecule has 0 amide bonds. The molecular weight excluding hydrogens is 234 g/mol. The Morgan fingerprint density at radius 2 is 2.00 bits per heavy atom. The van der Waals surface area contributed by atoms with E-state index in [1.54, 1.807) is 7.11 Å². The van der Waals surface area contributed by atoms with Gasteiger partial charge >= 0.3 is 0 Å². The van der Waals surface area contributed by atoms with Gasteiger partial charge in [-0.1, -0.05) is 32.9 Å². The van der Waals surface area contributed by atoms with E-state index in [1.165, 1.54) is 24.0 Å². The van der Waals surface area contributed by atoms with Crippen LogP contribution in [-0.2, 0) is 5.41 Å². The first kappa shape index (κ1) is 14.4. The largest absolute Gasteiger partial charge is 0.496 e. The van der Waals surface area contributed by atoms with Gasteiger partial charge < -0.3 is 10.5 Å². The van der Waals surface area contributed by atoms with Crippen LogP contribution in [0.3, 0.4) is 0 Å². The van der Waals surface area contributed by atoms with Gasteiger partial charge in [-0.15, -0.1) is 0 Å². The van der Waals surface area contributed by atoms with Gasteiger partial charge in [-0.2, -0.15) is 0 Å². The summed E-state index contributed by atoms with van der Waals surface area (Å²) in [6.45, 7) is 7.53. The summed E-state index contributed by atoms with van der Waals surface area (Å²) in [5.74, 6) is 2.41. The molecule has 0 aromatic heterocycles. The molecule has 1 aliphatic carbocycles. The molecule has 0 saturated heterocycles. The Kier molecular flexibility index (Phi) is 4.19. The van der Waals surface area contributed by atoms with E-state index in [2.05, 4.69) is 39.0 Å². The van der Waals surface area contributed by atoms with Crippen molar-refractivity contribution in [2.75, 3.05) is 13.7 Å². The number of nitrogens with two attached hydrogens (primary N) is 1. The monoisotopic (exact) mass is 261 g/mol. The Morgan fingerprint density at radius 1 is 1.32 bits per heavy atom. The Bertz CT molecular complexity index is 429. The summed E-state index contributed by atoms with van der Waals surface area (Å²) in [4.78, 5) is 0. The average molecular weight is 261 g/mol. The molecule has 2 nitrogen and oxygen atoms in total. The standard InChI is InChI=1S/C17H27NO/c1-17(2,3)13-7-8-16(19-4)15(11-13)14(9-10-18)12-5-6-12/h7-8,11-12,14H,5-6,9-10,18H2,1-4H3. The number of methoxy groups -OCH3 is 1. The van der Waals surface area contributed by atoms with E-state index >= 15 is 0 Å². The lowest BCUT2D eigenvalue weighted by atomic mass is 9.82. The van der Waals surface area contributed by atoms with E-state index in [1.807, 2.05) is 0 Å². The maximum Gasteiger partial charge on any atom is 0.122 e. The van der Waals surface area contributed by atoms with E-state index < -0.39 is 0 Å². The van der Waals surface area contributed by atoms with Crippen LogP contribution in [0.4, 0.5) is 0 Å². The molecule has 2 rings (SSSR count). The number of rotatable bonds is 5. The van der Waals surface area contributed by atoms with Gasteiger partial charge in [0, 0.05) is 0 Å². The summed E-state index contributed by atoms with van der Waals surface area (Å²) in [6.07, 6.45) is 3.75. The predicted molar refractivity (Wildman–Crippen MR) is 80.8 cm³/mol. The second-order valence-electron chi connectivity index (χ2n) is 6.73. The molecule has 1 fully saturated rings. The molecule has 1 aromatic rings. The third-order valence-corrected chi connectivity index (χ3v) is 4.16. The van der Waals surface area contributed by atoms with Crippen LogP contribution in [0.15, 0.2) is 18.2 Å². The Labute approximate surface area is 117 Å². The Morgan fingerprint density at radius 3 is 2.47 bits per heavy atom. The summed E-state index contributed by atoms with van der Waals surface area (Å²) >= 11 is 0. The molecule has 1 atom stereocenters. The van der Waals surface area contributed by atoms with Crippen LogP contribution in [0.25, 0.3) is 0 Å². The third-order valence-electron chi connectivity index (χ3n) is 4.16. The molecule has 1 saturated carbocycles. The molecular formula is C17H27NO. The first-order valence-electron chi connectivity index (χ1n) is 7.36. The number of hydrogen-bond donors (Lipinski definition) is 1. The van der Waals surface area contributed by atoms with Crippen LogP contribution in [0.2, 0.25) is 0 Å². The van der Waals surface area contributed by atoms with Gasteiger partial charge in [0.2, 0.25) is 0 Å². The normalized spacial score (nSPS) is 17.3. The first-order chi connectivity index (χ1) is 8.97. The third kappa shape index (κ3) is 3.30. The molecule has 2 N–H and O–H groups in total. The Hall–Kier alpha value is -1.02. The van der Waals surface area contributed by atoms with Crippen molar-refractivity contribution >= 4 is 0 Å². The van der Waals surface area contributed by atoms with Gasteiger partial charge in [-0.25, -0.2) is 0 Å². The van der Waals surface area contributed by atoms with Crippen molar-refractivity contribution in [3.8, 4) is 5.75 Å². The SMILES string of the molecule is COc1ccc(C(C)(C)C)cc1C(CCN)C1CC1. The average Bonchev–Trinajstić information content (AvgIpc) is 3.18. The van der Waals surface area contributed by atoms with Gasteiger partial charge in [-0.3, -0.25) is 0 Å². The van der Waals surface area contributed by atoms with Crippen LogP contribution in [0, 0.1) is 5.92 Å². The summed E-state index contributed by atoms with van der Waals surface area (Å²) in [5.41, 5.74) is 8.73. The summed E-state index contributed by atoms with van der Waals surface area (Å²) in [7, 11) is 1.77. The molecule has 19 heavy (non-hydrogen) atoms. The van der Waals surface area contributed by atoms with E-state index in [4.69, 9.17) is 10.5 Å². The van der Waals surface area contributed by atoms with E-state index in [0.29, 0.717) is 5.92 Å². The van der Waals surface area contributed by atoms with Crippen molar-refractivity contribution in [2.24, 2.45) is 11.7 Å². The van der Waals surface area contributed by atoms with Crippen LogP contribution in [-0.4, -0.2) is 13.7 Å². The maximum absolute atomic E-state index is 5.81. The molecule has 0 bridgehead atoms. The molecule has 0 spiro atoms. The predicted octanol–water partition coefficient (Wildman–Crippen LogP) is 3.84. The highest BCUT2D eigenvalue weighted by molar-refractivity contribution is 5.42. The van der Waals surface area contributed by atoms with Crippen molar-refractivity contribution in [2.45, 2.75) is 51.4 Å². The summed E-state index contributed by atoms with van der Waals surface area (Å²) in [5, 5.41) is 0. The second-order valence-corrected chi connectivity index (χ2v) is 6.73. The minimum Gasteiger partial charge on any atom is -0.496 e. The fraction of sp³-hybridized carbons (Fsp3) is 0.647. The summed E-state index contributed by atoms with van der Waals surface area (Å²) < 4.78 is 5.58. The van der Waals surface area contributed by atoms with Gasteiger partial charge in [0.15, 0.2) is 0 Å². The van der Waals surface area contributed by atoms with Gasteiger partial charge in [0.25, 0.3) is 0 Å². The quantitative estimate of drug-likeness (QED) is 0.874. The topological polar surface area (TPSA) is 35.2 Å². The van der Waals surface area contributed by atoms with Crippen LogP contribution >= 0.6 is 0 Å². The molecule has 1 aromatic carbocycles. The zero-order valence-electron chi connectivity index (χ0n) is 12.7. The van der Waals surface area contributed by atoms with Crippen molar-refractivity contribution in [1.29, 1.82) is 0 Å². The van der Waals surface area contributed by atoms with E-state index in [0.717, 1.165) is 24.6 Å². The lowest BCUT2D eigenvalue weighted by Gasteiger charge is -2.24. The fourth-order valence-corrected chi connectivity index (χ4v) is 2.81. The Balaban J connectivity index is 2.39. The summed E-state index contributed by atoms with van der Waals surface area (Å²) in [6, 6.07) is 6.66. The molecule has 1 aliphatic rings. The number of ether oxygens (including phenoxy) is 1. The van der Waals surface area contributed by atoms with Gasteiger partial charge in [0.1, 0.15) is 5.75 Å². The molecule has 0 heterocycles. The lowest BCUT2D eigenvalue weighted by Crippen LogP contribution is -2.14. The second kappa shape index (κ2) is 5.54. The maximum atomic E-state index is 5.81. The molecule has 0 aliphatic heterocycles. The molecule has 2 heteroatoms. The highest BCUT2D eigenvalue weighted by atomic mass is 16.5. The van der Waals surface area contributed by atoms with Crippen LogP contribution < -0.4 is 10.5 Å². The fourth-order valence-electron chi connectivity index (χ4n) is 2.81. The first-order valence-corrected chi connectivity index (χ1v) is 7.36. The van der Waals surface area contributed by atoms with Crippen LogP contribution in [0.5, 0.6) is 5.75 Å². The zero-order valence-corrected chi connectivity index (χ0v) is 12.7. The number of hydrogen-bond acceptors (Lipinski definition) is 2. The van der Waals surface area contributed by atoms with Crippen molar-refractivity contribution in [3.05, 3.63) is 29.3 Å². The van der Waals surface area contributed by atoms with E-state index in [-0.39, 0.29) is 5.41 Å². The minimum absolute atomic E-state index is 0.178. The zero-order chi connectivity index (χ0) is 14.0. The minimum atomic E-state index is 0.178. The van der Waals surface area contributed by atoms with Crippen molar-refractivity contribution in [3.63, 3.8) is 0 Å². The van der Waals surface area contributed by atoms with E-state index in [9.17, 15) is 0 Å². The smallest absolute Gasteiger partial charge is 0.122 e. The van der Waals surface area contributed by atoms with Crippen LogP contribution in [0.1, 0.15) is 57.1 Å². The molecule has 0 radical (unpaired) electrons. The molecule has 106 valence electrons. The highest BCUT2D eigenvalue weighted by Crippen LogP contribution is 2.47. The van der Waals surface area contributed by atoms with Crippen molar-refractivity contribution in [1.82, 2.24) is 0 Å². The van der Waals surface area contributed by atoms with Gasteiger partial charge in [0.05, 0.1) is 7.11 Å². The number of benzene rings is 1. The molecule has 1 unspecified atom stereocenters. The lowest BCUT2D eigenvalue weighted by molar-refractivity contribution is 0.399. The van der Waals surface area contributed by atoms with Gasteiger partial charge in [-0.05, 0) is 60.3 Å².